The summed E-state index contributed by atoms with van der Waals surface area (Å²) in [4.78, 5) is 2.48. The minimum atomic E-state index is -0.147. The Hall–Kier alpha value is -0.610. The number of hydrogen-bond acceptors (Lipinski definition) is 3. The van der Waals surface area contributed by atoms with Crippen LogP contribution in [0.25, 0.3) is 0 Å². The van der Waals surface area contributed by atoms with Crippen molar-refractivity contribution in [3.8, 4) is 0 Å². The molecule has 0 aromatic heterocycles. The number of nitrogens with two attached hydrogens (primary N) is 1. The van der Waals surface area contributed by atoms with Crippen LogP contribution in [0.4, 0.5) is 0 Å². The minimum Gasteiger partial charge on any atom is -0.387 e. The Balaban J connectivity index is 2.17. The van der Waals surface area contributed by atoms with Crippen LogP contribution in [-0.4, -0.2) is 43.1 Å². The monoisotopic (exact) mass is 269 g/mol. The largest absolute Gasteiger partial charge is 0.387 e. The molecule has 1 aliphatic rings. The molecule has 4 heteroatoms. The van der Waals surface area contributed by atoms with Crippen molar-refractivity contribution >= 4 is 5.84 Å². The van der Waals surface area contributed by atoms with E-state index in [0.717, 1.165) is 39.1 Å². The van der Waals surface area contributed by atoms with Gasteiger partial charge in [-0.25, -0.2) is 0 Å². The Bertz CT molecular complexity index is 273. The predicted molar refractivity (Wildman–Crippen MR) is 80.6 cm³/mol. The van der Waals surface area contributed by atoms with Gasteiger partial charge < -0.3 is 15.4 Å². The molecular weight excluding hydrogens is 238 g/mol. The SMILES string of the molecule is CCN(CCCCC(C)(C)C(=N)N)CC1CCCO1. The number of nitrogens with zero attached hydrogens (tertiary/aromatic N) is 1. The molecule has 0 aromatic carbocycles. The van der Waals surface area contributed by atoms with Crippen LogP contribution >= 0.6 is 0 Å². The van der Waals surface area contributed by atoms with Gasteiger partial charge >= 0.3 is 0 Å². The number of rotatable bonds is 9. The van der Waals surface area contributed by atoms with Crippen LogP contribution in [0.15, 0.2) is 0 Å². The minimum absolute atomic E-state index is 0.147. The highest BCUT2D eigenvalue weighted by Gasteiger charge is 2.21. The highest BCUT2D eigenvalue weighted by molar-refractivity contribution is 5.82. The summed E-state index contributed by atoms with van der Waals surface area (Å²) in [5.41, 5.74) is 5.46. The number of likely N-dealkylation sites (N-methyl/N-ethyl adjacent to an activating group) is 1. The van der Waals surface area contributed by atoms with E-state index >= 15 is 0 Å². The molecule has 19 heavy (non-hydrogen) atoms. The van der Waals surface area contributed by atoms with Gasteiger partial charge in [-0.2, -0.15) is 0 Å². The lowest BCUT2D eigenvalue weighted by atomic mass is 9.86. The van der Waals surface area contributed by atoms with E-state index in [1.54, 1.807) is 0 Å². The molecule has 0 radical (unpaired) electrons. The molecule has 0 aliphatic carbocycles. The molecule has 1 rings (SSSR count). The summed E-state index contributed by atoms with van der Waals surface area (Å²) >= 11 is 0. The molecule has 3 N–H and O–H groups in total. The van der Waals surface area contributed by atoms with Crippen molar-refractivity contribution in [2.75, 3.05) is 26.2 Å². The Morgan fingerprint density at radius 3 is 2.68 bits per heavy atom. The van der Waals surface area contributed by atoms with Crippen molar-refractivity contribution in [3.63, 3.8) is 0 Å². The predicted octanol–water partition coefficient (Wildman–Crippen LogP) is 2.62. The summed E-state index contributed by atoms with van der Waals surface area (Å²) in [6, 6.07) is 0. The zero-order valence-electron chi connectivity index (χ0n) is 12.9. The van der Waals surface area contributed by atoms with Crippen molar-refractivity contribution in [1.82, 2.24) is 4.90 Å². The van der Waals surface area contributed by atoms with Gasteiger partial charge in [0.25, 0.3) is 0 Å². The second-order valence-corrected chi connectivity index (χ2v) is 6.28. The molecule has 4 nitrogen and oxygen atoms in total. The van der Waals surface area contributed by atoms with E-state index in [4.69, 9.17) is 15.9 Å². The maximum atomic E-state index is 7.55. The fraction of sp³-hybridized carbons (Fsp3) is 0.933. The zero-order valence-corrected chi connectivity index (χ0v) is 12.9. The number of hydrogen-bond donors (Lipinski definition) is 2. The third-order valence-electron chi connectivity index (χ3n) is 4.19. The summed E-state index contributed by atoms with van der Waals surface area (Å²) in [5.74, 6) is 0.305. The second kappa shape index (κ2) is 7.85. The molecule has 1 aliphatic heterocycles. The number of nitrogens with one attached hydrogen (secondary N) is 1. The summed E-state index contributed by atoms with van der Waals surface area (Å²) in [6.07, 6.45) is 6.20. The first-order valence-corrected chi connectivity index (χ1v) is 7.64. The van der Waals surface area contributed by atoms with Gasteiger partial charge in [0.05, 0.1) is 11.9 Å². The van der Waals surface area contributed by atoms with E-state index in [1.165, 1.54) is 19.3 Å². The number of ether oxygens (including phenoxy) is 1. The van der Waals surface area contributed by atoms with Crippen molar-refractivity contribution in [3.05, 3.63) is 0 Å². The summed E-state index contributed by atoms with van der Waals surface area (Å²) in [6.45, 7) is 10.6. The van der Waals surface area contributed by atoms with Gasteiger partial charge in [0.15, 0.2) is 0 Å². The number of unbranched alkanes of at least 4 members (excludes halogenated alkanes) is 1. The maximum Gasteiger partial charge on any atom is 0.0963 e. The molecule has 112 valence electrons. The maximum absolute atomic E-state index is 7.55. The van der Waals surface area contributed by atoms with Crippen molar-refractivity contribution in [2.45, 2.75) is 59.0 Å². The Morgan fingerprint density at radius 2 is 2.16 bits per heavy atom. The highest BCUT2D eigenvalue weighted by Crippen LogP contribution is 2.22. The first-order valence-electron chi connectivity index (χ1n) is 7.64. The Labute approximate surface area is 118 Å². The lowest BCUT2D eigenvalue weighted by Crippen LogP contribution is -2.33. The van der Waals surface area contributed by atoms with E-state index in [1.807, 2.05) is 0 Å². The lowest BCUT2D eigenvalue weighted by Gasteiger charge is -2.25. The summed E-state index contributed by atoms with van der Waals surface area (Å²) in [5, 5.41) is 7.55. The molecular formula is C15H31N3O. The quantitative estimate of drug-likeness (QED) is 0.384. The second-order valence-electron chi connectivity index (χ2n) is 6.28. The van der Waals surface area contributed by atoms with Gasteiger partial charge in [0.2, 0.25) is 0 Å². The number of amidine groups is 1. The first-order chi connectivity index (χ1) is 8.95. The molecule has 0 saturated carbocycles. The van der Waals surface area contributed by atoms with Crippen LogP contribution in [0, 0.1) is 10.8 Å². The van der Waals surface area contributed by atoms with Crippen LogP contribution < -0.4 is 5.73 Å². The van der Waals surface area contributed by atoms with Crippen LogP contribution in [0.2, 0.25) is 0 Å². The van der Waals surface area contributed by atoms with Gasteiger partial charge in [-0.3, -0.25) is 5.41 Å². The average molecular weight is 269 g/mol. The molecule has 1 heterocycles. The van der Waals surface area contributed by atoms with E-state index < -0.39 is 0 Å². The average Bonchev–Trinajstić information content (AvgIpc) is 2.85. The van der Waals surface area contributed by atoms with Gasteiger partial charge in [-0.15, -0.1) is 0 Å². The van der Waals surface area contributed by atoms with Crippen LogP contribution in [0.1, 0.15) is 52.9 Å². The molecule has 1 fully saturated rings. The van der Waals surface area contributed by atoms with Gasteiger partial charge in [-0.1, -0.05) is 27.2 Å². The molecule has 0 bridgehead atoms. The van der Waals surface area contributed by atoms with Crippen LogP contribution in [0.5, 0.6) is 0 Å². The smallest absolute Gasteiger partial charge is 0.0963 e. The molecule has 0 aromatic rings. The van der Waals surface area contributed by atoms with Crippen molar-refractivity contribution in [1.29, 1.82) is 5.41 Å². The standard InChI is InChI=1S/C15H31N3O/c1-4-18(12-13-8-7-11-19-13)10-6-5-9-15(2,3)14(16)17/h13H,4-12H2,1-3H3,(H3,16,17). The fourth-order valence-electron chi connectivity index (χ4n) is 2.49. The van der Waals surface area contributed by atoms with E-state index in [-0.39, 0.29) is 5.41 Å². The van der Waals surface area contributed by atoms with E-state index in [2.05, 4.69) is 25.7 Å². The third-order valence-corrected chi connectivity index (χ3v) is 4.19. The third kappa shape index (κ3) is 5.91. The van der Waals surface area contributed by atoms with Crippen molar-refractivity contribution in [2.24, 2.45) is 11.1 Å². The molecule has 1 saturated heterocycles. The van der Waals surface area contributed by atoms with Crippen LogP contribution in [0.3, 0.4) is 0 Å². The van der Waals surface area contributed by atoms with E-state index in [9.17, 15) is 0 Å². The van der Waals surface area contributed by atoms with E-state index in [0.29, 0.717) is 11.9 Å². The fourth-order valence-corrected chi connectivity index (χ4v) is 2.49. The topological polar surface area (TPSA) is 62.3 Å². The Kier molecular flexibility index (Phi) is 6.80. The van der Waals surface area contributed by atoms with Crippen LogP contribution in [-0.2, 0) is 4.74 Å². The normalized spacial score (nSPS) is 20.1. The molecule has 0 spiro atoms. The summed E-state index contributed by atoms with van der Waals surface area (Å²) < 4.78 is 5.69. The zero-order chi connectivity index (χ0) is 14.3. The molecule has 1 atom stereocenters. The Morgan fingerprint density at radius 1 is 1.42 bits per heavy atom. The lowest BCUT2D eigenvalue weighted by molar-refractivity contribution is 0.0741. The molecule has 1 unspecified atom stereocenters. The summed E-state index contributed by atoms with van der Waals surface area (Å²) in [7, 11) is 0. The van der Waals surface area contributed by atoms with Gasteiger partial charge in [0.1, 0.15) is 0 Å². The van der Waals surface area contributed by atoms with Crippen molar-refractivity contribution < 1.29 is 4.74 Å². The highest BCUT2D eigenvalue weighted by atomic mass is 16.5. The van der Waals surface area contributed by atoms with Gasteiger partial charge in [0, 0.05) is 18.6 Å². The first kappa shape index (κ1) is 16.4. The molecule has 0 amide bonds. The van der Waals surface area contributed by atoms with Gasteiger partial charge in [-0.05, 0) is 38.8 Å².